The highest BCUT2D eigenvalue weighted by atomic mass is 32.3. The van der Waals surface area contributed by atoms with Gasteiger partial charge in [0.05, 0.1) is 24.3 Å². The Kier molecular flexibility index (Phi) is 4.74. The molecule has 8 nitrogen and oxygen atoms in total. The van der Waals surface area contributed by atoms with E-state index in [0.717, 1.165) is 12.1 Å². The molecule has 0 aliphatic rings. The van der Waals surface area contributed by atoms with Gasteiger partial charge in [0.2, 0.25) is 0 Å². The third kappa shape index (κ3) is 4.06. The number of anilines is 1. The fourth-order valence-corrected chi connectivity index (χ4v) is 3.32. The van der Waals surface area contributed by atoms with Gasteiger partial charge in [0, 0.05) is 0 Å². The van der Waals surface area contributed by atoms with E-state index in [4.69, 9.17) is 10.5 Å². The lowest BCUT2D eigenvalue weighted by molar-refractivity contribution is 0.289. The maximum absolute atomic E-state index is 11.7. The Bertz CT molecular complexity index is 651. The van der Waals surface area contributed by atoms with Crippen LogP contribution in [0.15, 0.2) is 23.1 Å². The molecule has 0 bridgehead atoms. The summed E-state index contributed by atoms with van der Waals surface area (Å²) >= 11 is 0. The van der Waals surface area contributed by atoms with Gasteiger partial charge in [-0.2, -0.15) is 16.8 Å². The molecule has 1 rings (SSSR count). The molecule has 1 aromatic carbocycles. The molecule has 0 radical (unpaired) electrons. The minimum absolute atomic E-state index is 0.0287. The number of nitrogens with two attached hydrogens (primary N) is 1. The lowest BCUT2D eigenvalue weighted by Gasteiger charge is -2.08. The maximum atomic E-state index is 11.7. The van der Waals surface area contributed by atoms with Crippen LogP contribution in [0, 0.1) is 0 Å². The fourth-order valence-electron chi connectivity index (χ4n) is 1.18. The highest BCUT2D eigenvalue weighted by molar-refractivity contribution is 7.97. The molecule has 2 N–H and O–H groups in total. The van der Waals surface area contributed by atoms with Crippen molar-refractivity contribution < 1.29 is 29.4 Å². The number of ether oxygens (including phenoxy) is 1. The Morgan fingerprint density at radius 2 is 1.84 bits per heavy atom. The third-order valence-electron chi connectivity index (χ3n) is 1.92. The molecule has 0 spiro atoms. The molecular weight excluding hydrogens is 298 g/mol. The van der Waals surface area contributed by atoms with E-state index >= 15 is 0 Å². The third-order valence-corrected chi connectivity index (χ3v) is 4.66. The van der Waals surface area contributed by atoms with Crippen LogP contribution in [-0.2, 0) is 28.3 Å². The molecule has 108 valence electrons. The molecule has 1 aromatic rings. The number of hydrogen-bond acceptors (Lipinski definition) is 8. The van der Waals surface area contributed by atoms with E-state index < -0.39 is 25.4 Å². The Hall–Kier alpha value is -1.36. The van der Waals surface area contributed by atoms with Crippen molar-refractivity contribution in [3.8, 4) is 5.75 Å². The molecule has 0 saturated heterocycles. The number of rotatable bonds is 6. The van der Waals surface area contributed by atoms with Gasteiger partial charge in [-0.25, -0.2) is 4.18 Å². The first-order valence-corrected chi connectivity index (χ1v) is 7.75. The van der Waals surface area contributed by atoms with Crippen LogP contribution in [0.1, 0.15) is 6.92 Å². The van der Waals surface area contributed by atoms with Gasteiger partial charge in [-0.05, 0) is 25.1 Å². The van der Waals surface area contributed by atoms with Crippen LogP contribution in [-0.4, -0.2) is 30.6 Å². The monoisotopic (exact) mass is 311 g/mol. The smallest absolute Gasteiger partial charge is 0.414 e. The van der Waals surface area contributed by atoms with Crippen molar-refractivity contribution in [2.75, 3.05) is 19.5 Å². The molecule has 0 aromatic heterocycles. The van der Waals surface area contributed by atoms with Crippen molar-refractivity contribution >= 4 is 26.2 Å². The first kappa shape index (κ1) is 15.7. The molecule has 0 aliphatic heterocycles. The highest BCUT2D eigenvalue weighted by Crippen LogP contribution is 2.26. The zero-order chi connectivity index (χ0) is 14.7. The van der Waals surface area contributed by atoms with Gasteiger partial charge in [-0.3, -0.25) is 0 Å². The topological polar surface area (TPSA) is 122 Å². The number of methoxy groups -OCH3 is 1. The fraction of sp³-hybridized carbons (Fsp3) is 0.333. The van der Waals surface area contributed by atoms with E-state index in [2.05, 4.69) is 7.81 Å². The molecule has 10 heteroatoms. The minimum atomic E-state index is -4.63. The summed E-state index contributed by atoms with van der Waals surface area (Å²) in [6.45, 7) is 1.13. The Morgan fingerprint density at radius 1 is 1.21 bits per heavy atom. The van der Waals surface area contributed by atoms with Gasteiger partial charge in [0.25, 0.3) is 0 Å². The SMILES string of the molecule is CCOS(=O)(=O)OS(=O)(=O)c1ccc(OC)c(N)c1. The standard InChI is InChI=1S/C9H13NO7S2/c1-3-16-19(13,14)17-18(11,12)7-4-5-9(15-2)8(10)6-7/h4-6H,3,10H2,1-2H3. The summed E-state index contributed by atoms with van der Waals surface area (Å²) in [6, 6.07) is 3.40. The van der Waals surface area contributed by atoms with Crippen molar-refractivity contribution in [1.29, 1.82) is 0 Å². The summed E-state index contributed by atoms with van der Waals surface area (Å²) in [5, 5.41) is 0. The summed E-state index contributed by atoms with van der Waals surface area (Å²) in [4.78, 5) is -0.422. The molecule has 0 unspecified atom stereocenters. The van der Waals surface area contributed by atoms with Gasteiger partial charge in [0.1, 0.15) is 5.75 Å². The second-order valence-electron chi connectivity index (χ2n) is 3.24. The summed E-state index contributed by atoms with van der Waals surface area (Å²) in [5.41, 5.74) is 5.55. The molecular formula is C9H13NO7S2. The van der Waals surface area contributed by atoms with E-state index in [-0.39, 0.29) is 18.0 Å². The average molecular weight is 311 g/mol. The Morgan fingerprint density at radius 3 is 2.32 bits per heavy atom. The lowest BCUT2D eigenvalue weighted by atomic mass is 10.3. The van der Waals surface area contributed by atoms with Crippen LogP contribution >= 0.6 is 0 Å². The van der Waals surface area contributed by atoms with Gasteiger partial charge >= 0.3 is 20.5 Å². The maximum Gasteiger partial charge on any atom is 0.414 e. The van der Waals surface area contributed by atoms with Gasteiger partial charge in [0.15, 0.2) is 0 Å². The molecule has 19 heavy (non-hydrogen) atoms. The van der Waals surface area contributed by atoms with Crippen LogP contribution in [0.4, 0.5) is 5.69 Å². The number of benzene rings is 1. The van der Waals surface area contributed by atoms with Gasteiger partial charge in [-0.15, -0.1) is 3.63 Å². The normalized spacial score (nSPS) is 12.3. The van der Waals surface area contributed by atoms with Gasteiger partial charge in [-0.1, -0.05) is 0 Å². The van der Waals surface area contributed by atoms with Crippen molar-refractivity contribution in [2.24, 2.45) is 0 Å². The van der Waals surface area contributed by atoms with Crippen molar-refractivity contribution in [2.45, 2.75) is 11.8 Å². The number of nitrogen functional groups attached to an aromatic ring is 1. The van der Waals surface area contributed by atoms with E-state index in [9.17, 15) is 16.8 Å². The van der Waals surface area contributed by atoms with Crippen LogP contribution in [0.5, 0.6) is 5.75 Å². The Balaban J connectivity index is 3.11. The van der Waals surface area contributed by atoms with Crippen LogP contribution < -0.4 is 10.5 Å². The quantitative estimate of drug-likeness (QED) is 0.742. The summed E-state index contributed by atoms with van der Waals surface area (Å²) in [6.07, 6.45) is 0. The summed E-state index contributed by atoms with van der Waals surface area (Å²) in [5.74, 6) is 0.256. The van der Waals surface area contributed by atoms with E-state index in [0.29, 0.717) is 0 Å². The molecule has 0 amide bonds. The summed E-state index contributed by atoms with van der Waals surface area (Å²) in [7, 11) is -7.81. The van der Waals surface area contributed by atoms with Crippen LogP contribution in [0.2, 0.25) is 0 Å². The van der Waals surface area contributed by atoms with E-state index in [1.807, 2.05) is 0 Å². The predicted octanol–water partition coefficient (Wildman–Crippen LogP) is 0.264. The second kappa shape index (κ2) is 5.74. The lowest BCUT2D eigenvalue weighted by Crippen LogP contribution is -2.16. The van der Waals surface area contributed by atoms with Crippen molar-refractivity contribution in [1.82, 2.24) is 0 Å². The zero-order valence-electron chi connectivity index (χ0n) is 10.2. The van der Waals surface area contributed by atoms with Crippen LogP contribution in [0.25, 0.3) is 0 Å². The molecule has 0 heterocycles. The molecule has 0 aliphatic carbocycles. The highest BCUT2D eigenvalue weighted by Gasteiger charge is 2.26. The second-order valence-corrected chi connectivity index (χ2v) is 6.22. The first-order chi connectivity index (χ1) is 8.72. The molecule has 0 atom stereocenters. The Labute approximate surface area is 111 Å². The molecule has 0 fully saturated rings. The van der Waals surface area contributed by atoms with Crippen molar-refractivity contribution in [3.05, 3.63) is 18.2 Å². The summed E-state index contributed by atoms with van der Waals surface area (Å²) < 4.78 is 58.7. The van der Waals surface area contributed by atoms with Crippen molar-refractivity contribution in [3.63, 3.8) is 0 Å². The predicted molar refractivity (Wildman–Crippen MR) is 66.2 cm³/mol. The largest absolute Gasteiger partial charge is 0.495 e. The number of hydrogen-bond donors (Lipinski definition) is 1. The van der Waals surface area contributed by atoms with E-state index in [1.165, 1.54) is 20.1 Å². The van der Waals surface area contributed by atoms with E-state index in [1.54, 1.807) is 0 Å². The van der Waals surface area contributed by atoms with Crippen LogP contribution in [0.3, 0.4) is 0 Å². The molecule has 0 saturated carbocycles. The minimum Gasteiger partial charge on any atom is -0.495 e. The average Bonchev–Trinajstić information content (AvgIpc) is 2.27. The zero-order valence-corrected chi connectivity index (χ0v) is 11.8. The van der Waals surface area contributed by atoms with Gasteiger partial charge < -0.3 is 10.5 Å². The first-order valence-electron chi connectivity index (χ1n) is 5.01.